The van der Waals surface area contributed by atoms with Gasteiger partial charge in [0.15, 0.2) is 5.82 Å². The fraction of sp³-hybridized carbons (Fsp3) is 0.231. The van der Waals surface area contributed by atoms with Crippen LogP contribution in [0.3, 0.4) is 0 Å². The molecule has 118 valence electrons. The molecule has 22 heavy (non-hydrogen) atoms. The first-order valence-corrected chi connectivity index (χ1v) is 8.12. The summed E-state index contributed by atoms with van der Waals surface area (Å²) in [5.41, 5.74) is 0. The summed E-state index contributed by atoms with van der Waals surface area (Å²) >= 11 is 5.75. The van der Waals surface area contributed by atoms with E-state index < -0.39 is 15.8 Å². The molecule has 1 N–H and O–H groups in total. The van der Waals surface area contributed by atoms with Gasteiger partial charge in [-0.15, -0.1) is 10.2 Å². The minimum Gasteiger partial charge on any atom is -0.474 e. The molecule has 0 aliphatic carbocycles. The predicted molar refractivity (Wildman–Crippen MR) is 80.0 cm³/mol. The fourth-order valence-electron chi connectivity index (χ4n) is 1.56. The van der Waals surface area contributed by atoms with Crippen molar-refractivity contribution in [1.82, 2.24) is 10.2 Å². The highest BCUT2D eigenvalue weighted by Gasteiger charge is 2.19. The maximum absolute atomic E-state index is 13.0. The number of hydrogen-bond donors (Lipinski definition) is 1. The monoisotopic (exact) mass is 345 g/mol. The summed E-state index contributed by atoms with van der Waals surface area (Å²) in [6, 6.07) is 5.88. The Labute approximate surface area is 132 Å². The lowest BCUT2D eigenvalue weighted by atomic mass is 10.3. The van der Waals surface area contributed by atoms with Crippen LogP contribution in [-0.2, 0) is 10.0 Å². The molecule has 0 spiro atoms. The van der Waals surface area contributed by atoms with Gasteiger partial charge in [-0.05, 0) is 38.1 Å². The van der Waals surface area contributed by atoms with Gasteiger partial charge in [-0.25, -0.2) is 12.8 Å². The predicted octanol–water partition coefficient (Wildman–Crippen LogP) is 2.86. The lowest BCUT2D eigenvalue weighted by Crippen LogP contribution is -2.15. The van der Waals surface area contributed by atoms with Crippen molar-refractivity contribution in [3.8, 4) is 5.88 Å². The van der Waals surface area contributed by atoms with Crippen LogP contribution in [0.15, 0.2) is 35.2 Å². The molecule has 0 amide bonds. The Kier molecular flexibility index (Phi) is 4.82. The smallest absolute Gasteiger partial charge is 0.264 e. The molecule has 2 rings (SSSR count). The van der Waals surface area contributed by atoms with Crippen LogP contribution in [0.4, 0.5) is 10.2 Å². The Morgan fingerprint density at radius 3 is 2.50 bits per heavy atom. The number of benzene rings is 1. The number of ether oxygens (including phenoxy) is 1. The molecule has 0 radical (unpaired) electrons. The fourth-order valence-corrected chi connectivity index (χ4v) is 3.09. The number of nitrogens with zero attached hydrogens (tertiary/aromatic N) is 2. The largest absolute Gasteiger partial charge is 0.474 e. The summed E-state index contributed by atoms with van der Waals surface area (Å²) in [6.45, 7) is 3.66. The zero-order valence-electron chi connectivity index (χ0n) is 11.7. The number of nitrogens with one attached hydrogen (secondary N) is 1. The third kappa shape index (κ3) is 4.05. The number of hydrogen-bond acceptors (Lipinski definition) is 5. The van der Waals surface area contributed by atoms with E-state index in [0.29, 0.717) is 0 Å². The van der Waals surface area contributed by atoms with Crippen LogP contribution in [0, 0.1) is 5.82 Å². The third-order valence-electron chi connectivity index (χ3n) is 2.42. The highest BCUT2D eigenvalue weighted by atomic mass is 35.5. The molecule has 0 bridgehead atoms. The van der Waals surface area contributed by atoms with E-state index in [4.69, 9.17) is 16.3 Å². The van der Waals surface area contributed by atoms with Crippen LogP contribution in [-0.4, -0.2) is 24.7 Å². The molecule has 0 saturated heterocycles. The molecule has 9 heteroatoms. The molecule has 0 fully saturated rings. The van der Waals surface area contributed by atoms with E-state index in [9.17, 15) is 12.8 Å². The standard InChI is InChI=1S/C13H13ClFN3O3S/c1-8(2)21-13-6-5-12(16-17-13)18-22(19,20)11-4-3-9(15)7-10(11)14/h3-8H,1-2H3,(H,16,18). The normalized spacial score (nSPS) is 11.5. The Balaban J connectivity index is 2.21. The highest BCUT2D eigenvalue weighted by Crippen LogP contribution is 2.24. The minimum atomic E-state index is -3.99. The van der Waals surface area contributed by atoms with Gasteiger partial charge in [-0.2, -0.15) is 0 Å². The van der Waals surface area contributed by atoms with Gasteiger partial charge in [-0.1, -0.05) is 11.6 Å². The van der Waals surface area contributed by atoms with Crippen LogP contribution in [0.1, 0.15) is 13.8 Å². The van der Waals surface area contributed by atoms with Crippen molar-refractivity contribution in [3.05, 3.63) is 41.2 Å². The van der Waals surface area contributed by atoms with Gasteiger partial charge in [0, 0.05) is 6.07 Å². The van der Waals surface area contributed by atoms with Gasteiger partial charge in [0.05, 0.1) is 11.1 Å². The van der Waals surface area contributed by atoms with E-state index in [1.165, 1.54) is 12.1 Å². The van der Waals surface area contributed by atoms with Crippen molar-refractivity contribution in [2.75, 3.05) is 4.72 Å². The number of anilines is 1. The maximum Gasteiger partial charge on any atom is 0.264 e. The van der Waals surface area contributed by atoms with Crippen LogP contribution in [0.5, 0.6) is 5.88 Å². The first-order valence-electron chi connectivity index (χ1n) is 6.26. The first-order chi connectivity index (χ1) is 10.3. The van der Waals surface area contributed by atoms with Crippen molar-refractivity contribution in [3.63, 3.8) is 0 Å². The van der Waals surface area contributed by atoms with E-state index in [0.717, 1.165) is 18.2 Å². The second kappa shape index (κ2) is 6.45. The number of rotatable bonds is 5. The number of halogens is 2. The third-order valence-corrected chi connectivity index (χ3v) is 4.26. The molecular weight excluding hydrogens is 333 g/mol. The first kappa shape index (κ1) is 16.4. The lowest BCUT2D eigenvalue weighted by molar-refractivity contribution is 0.230. The molecular formula is C13H13ClFN3O3S. The summed E-state index contributed by atoms with van der Waals surface area (Å²) in [5, 5.41) is 7.23. The van der Waals surface area contributed by atoms with Crippen LogP contribution in [0.2, 0.25) is 5.02 Å². The average molecular weight is 346 g/mol. The molecule has 0 aliphatic heterocycles. The van der Waals surface area contributed by atoms with Gasteiger partial charge in [0.1, 0.15) is 10.7 Å². The van der Waals surface area contributed by atoms with Crippen molar-refractivity contribution in [2.45, 2.75) is 24.8 Å². The van der Waals surface area contributed by atoms with E-state index in [2.05, 4.69) is 14.9 Å². The summed E-state index contributed by atoms with van der Waals surface area (Å²) in [4.78, 5) is -0.250. The van der Waals surface area contributed by atoms with E-state index in [1.807, 2.05) is 13.8 Å². The molecule has 0 aliphatic rings. The van der Waals surface area contributed by atoms with Crippen molar-refractivity contribution in [1.29, 1.82) is 0 Å². The quantitative estimate of drug-likeness (QED) is 0.901. The van der Waals surface area contributed by atoms with Gasteiger partial charge in [0.25, 0.3) is 10.0 Å². The zero-order chi connectivity index (χ0) is 16.3. The second-order valence-corrected chi connectivity index (χ2v) is 6.66. The van der Waals surface area contributed by atoms with Gasteiger partial charge in [0.2, 0.25) is 5.88 Å². The van der Waals surface area contributed by atoms with Crippen molar-refractivity contribution < 1.29 is 17.5 Å². The van der Waals surface area contributed by atoms with Gasteiger partial charge < -0.3 is 4.74 Å². The molecule has 6 nitrogen and oxygen atoms in total. The Morgan fingerprint density at radius 2 is 1.95 bits per heavy atom. The average Bonchev–Trinajstić information content (AvgIpc) is 2.39. The van der Waals surface area contributed by atoms with E-state index >= 15 is 0 Å². The second-order valence-electron chi connectivity index (χ2n) is 4.60. The maximum atomic E-state index is 13.0. The van der Waals surface area contributed by atoms with Crippen molar-refractivity contribution in [2.24, 2.45) is 0 Å². The Bertz CT molecular complexity index is 767. The minimum absolute atomic E-state index is 0.00324. The Hall–Kier alpha value is -1.93. The molecule has 1 aromatic carbocycles. The topological polar surface area (TPSA) is 81.2 Å². The van der Waals surface area contributed by atoms with Gasteiger partial charge >= 0.3 is 0 Å². The van der Waals surface area contributed by atoms with E-state index in [1.54, 1.807) is 0 Å². The summed E-state index contributed by atoms with van der Waals surface area (Å²) < 4.78 is 44.8. The molecule has 1 heterocycles. The van der Waals surface area contributed by atoms with E-state index in [-0.39, 0.29) is 27.7 Å². The van der Waals surface area contributed by atoms with Gasteiger partial charge in [-0.3, -0.25) is 4.72 Å². The summed E-state index contributed by atoms with van der Waals surface area (Å²) in [7, 11) is -3.99. The number of aromatic nitrogens is 2. The zero-order valence-corrected chi connectivity index (χ0v) is 13.3. The van der Waals surface area contributed by atoms with Crippen LogP contribution < -0.4 is 9.46 Å². The SMILES string of the molecule is CC(C)Oc1ccc(NS(=O)(=O)c2ccc(F)cc2Cl)nn1. The highest BCUT2D eigenvalue weighted by molar-refractivity contribution is 7.92. The van der Waals surface area contributed by atoms with Crippen LogP contribution in [0.25, 0.3) is 0 Å². The Morgan fingerprint density at radius 1 is 1.23 bits per heavy atom. The lowest BCUT2D eigenvalue weighted by Gasteiger charge is -2.10. The number of sulfonamides is 1. The van der Waals surface area contributed by atoms with Crippen molar-refractivity contribution >= 4 is 27.4 Å². The molecule has 0 unspecified atom stereocenters. The molecule has 1 aromatic heterocycles. The molecule has 0 atom stereocenters. The molecule has 2 aromatic rings. The molecule has 0 saturated carbocycles. The summed E-state index contributed by atoms with van der Waals surface area (Å²) in [5.74, 6) is -0.354. The summed E-state index contributed by atoms with van der Waals surface area (Å²) in [6.07, 6.45) is -0.0742. The van der Waals surface area contributed by atoms with Crippen LogP contribution >= 0.6 is 11.6 Å².